The molecule has 3 rings (SSSR count). The van der Waals surface area contributed by atoms with Crippen LogP contribution in [0.15, 0.2) is 34.9 Å². The van der Waals surface area contributed by atoms with Crippen molar-refractivity contribution in [2.24, 2.45) is 7.05 Å². The van der Waals surface area contributed by atoms with Crippen molar-refractivity contribution in [1.82, 2.24) is 9.78 Å². The van der Waals surface area contributed by atoms with Crippen molar-refractivity contribution >= 4 is 15.9 Å². The summed E-state index contributed by atoms with van der Waals surface area (Å²) in [7, 11) is 1.87. The van der Waals surface area contributed by atoms with Crippen LogP contribution in [0.5, 0.6) is 0 Å². The average molecular weight is 321 g/mol. The molecule has 1 heterocycles. The molecule has 2 unspecified atom stereocenters. The highest BCUT2D eigenvalue weighted by atomic mass is 79.9. The van der Waals surface area contributed by atoms with Crippen LogP contribution in [-0.2, 0) is 13.5 Å². The first-order valence-electron chi connectivity index (χ1n) is 6.61. The minimum atomic E-state index is -0.511. The summed E-state index contributed by atoms with van der Waals surface area (Å²) in [4.78, 5) is 0. The summed E-state index contributed by atoms with van der Waals surface area (Å²) in [6, 6.07) is 8.45. The molecule has 1 aromatic heterocycles. The number of aromatic nitrogens is 2. The molecule has 0 fully saturated rings. The molecule has 0 bridgehead atoms. The lowest BCUT2D eigenvalue weighted by atomic mass is 9.79. The summed E-state index contributed by atoms with van der Waals surface area (Å²) in [6.45, 7) is 0. The zero-order chi connectivity index (χ0) is 13.4. The predicted octanol–water partition coefficient (Wildman–Crippen LogP) is 3.34. The van der Waals surface area contributed by atoms with Crippen molar-refractivity contribution in [2.75, 3.05) is 0 Å². The van der Waals surface area contributed by atoms with Gasteiger partial charge in [-0.15, -0.1) is 0 Å². The van der Waals surface area contributed by atoms with Gasteiger partial charge in [-0.1, -0.05) is 24.3 Å². The number of hydrogen-bond acceptors (Lipinski definition) is 2. The molecule has 2 atom stereocenters. The maximum atomic E-state index is 10.8. The van der Waals surface area contributed by atoms with E-state index in [9.17, 15) is 5.11 Å². The van der Waals surface area contributed by atoms with Gasteiger partial charge < -0.3 is 5.11 Å². The number of fused-ring (bicyclic) bond motifs is 1. The van der Waals surface area contributed by atoms with E-state index < -0.39 is 6.10 Å². The van der Waals surface area contributed by atoms with Crippen molar-refractivity contribution in [3.8, 4) is 0 Å². The summed E-state index contributed by atoms with van der Waals surface area (Å²) in [5, 5.41) is 14.9. The Morgan fingerprint density at radius 3 is 2.95 bits per heavy atom. The maximum absolute atomic E-state index is 10.8. The Kier molecular flexibility index (Phi) is 3.46. The van der Waals surface area contributed by atoms with Gasteiger partial charge >= 0.3 is 0 Å². The lowest BCUT2D eigenvalue weighted by Gasteiger charge is -2.29. The average Bonchev–Trinajstić information content (AvgIpc) is 2.77. The third-order valence-electron chi connectivity index (χ3n) is 4.01. The molecule has 0 spiro atoms. The van der Waals surface area contributed by atoms with Gasteiger partial charge in [0.25, 0.3) is 0 Å². The van der Waals surface area contributed by atoms with Crippen LogP contribution < -0.4 is 0 Å². The molecular weight excluding hydrogens is 304 g/mol. The van der Waals surface area contributed by atoms with Crippen molar-refractivity contribution in [3.63, 3.8) is 0 Å². The zero-order valence-corrected chi connectivity index (χ0v) is 12.5. The van der Waals surface area contributed by atoms with E-state index >= 15 is 0 Å². The fraction of sp³-hybridized carbons (Fsp3) is 0.400. The SMILES string of the molecule is Cn1ncc(Br)c1C(O)C1CCCc2ccccc21. The molecule has 19 heavy (non-hydrogen) atoms. The number of halogens is 1. The predicted molar refractivity (Wildman–Crippen MR) is 78.0 cm³/mol. The number of aryl methyl sites for hydroxylation is 2. The molecule has 1 aromatic carbocycles. The number of aliphatic hydroxyl groups excluding tert-OH is 1. The molecule has 0 amide bonds. The van der Waals surface area contributed by atoms with E-state index in [4.69, 9.17) is 0 Å². The molecule has 1 aliphatic rings. The molecule has 1 N–H and O–H groups in total. The van der Waals surface area contributed by atoms with Crippen molar-refractivity contribution in [1.29, 1.82) is 0 Å². The van der Waals surface area contributed by atoms with E-state index in [1.165, 1.54) is 11.1 Å². The fourth-order valence-electron chi connectivity index (χ4n) is 3.06. The van der Waals surface area contributed by atoms with Crippen LogP contribution >= 0.6 is 15.9 Å². The Balaban J connectivity index is 2.00. The zero-order valence-electron chi connectivity index (χ0n) is 10.9. The second-order valence-corrected chi connectivity index (χ2v) is 6.00. The molecule has 0 saturated carbocycles. The van der Waals surface area contributed by atoms with Crippen LogP contribution in [0.4, 0.5) is 0 Å². The lowest BCUT2D eigenvalue weighted by Crippen LogP contribution is -2.19. The lowest BCUT2D eigenvalue weighted by molar-refractivity contribution is 0.126. The molecular formula is C15H17BrN2O. The van der Waals surface area contributed by atoms with Crippen molar-refractivity contribution < 1.29 is 5.11 Å². The normalized spacial score (nSPS) is 20.1. The van der Waals surface area contributed by atoms with Crippen molar-refractivity contribution in [3.05, 3.63) is 51.8 Å². The Bertz CT molecular complexity index is 574. The van der Waals surface area contributed by atoms with Crippen LogP contribution in [-0.4, -0.2) is 14.9 Å². The van der Waals surface area contributed by atoms with Crippen LogP contribution in [0.1, 0.15) is 41.7 Å². The van der Waals surface area contributed by atoms with E-state index in [0.717, 1.165) is 29.4 Å². The summed E-state index contributed by atoms with van der Waals surface area (Å²) in [5.41, 5.74) is 3.52. The van der Waals surface area contributed by atoms with Gasteiger partial charge in [-0.2, -0.15) is 5.10 Å². The highest BCUT2D eigenvalue weighted by Crippen LogP contribution is 2.41. The third kappa shape index (κ3) is 2.23. The minimum absolute atomic E-state index is 0.164. The smallest absolute Gasteiger partial charge is 0.104 e. The molecule has 0 aliphatic heterocycles. The third-order valence-corrected chi connectivity index (χ3v) is 4.63. The van der Waals surface area contributed by atoms with E-state index in [1.807, 2.05) is 7.05 Å². The van der Waals surface area contributed by atoms with Gasteiger partial charge in [0.05, 0.1) is 16.4 Å². The van der Waals surface area contributed by atoms with Crippen LogP contribution in [0.3, 0.4) is 0 Å². The van der Waals surface area contributed by atoms with Gasteiger partial charge in [-0.25, -0.2) is 0 Å². The summed E-state index contributed by atoms with van der Waals surface area (Å²) in [5.74, 6) is 0.164. The first-order chi connectivity index (χ1) is 9.18. The van der Waals surface area contributed by atoms with E-state index in [2.05, 4.69) is 45.3 Å². The first kappa shape index (κ1) is 12.9. The number of benzene rings is 1. The molecule has 2 aromatic rings. The molecule has 3 nitrogen and oxygen atoms in total. The van der Waals surface area contributed by atoms with E-state index in [-0.39, 0.29) is 5.92 Å². The fourth-order valence-corrected chi connectivity index (χ4v) is 3.65. The number of rotatable bonds is 2. The summed E-state index contributed by atoms with van der Waals surface area (Å²) in [6.07, 6.45) is 4.51. The number of hydrogen-bond donors (Lipinski definition) is 1. The van der Waals surface area contributed by atoms with Gasteiger partial charge in [0, 0.05) is 13.0 Å². The number of aliphatic hydroxyl groups is 1. The molecule has 0 saturated heterocycles. The summed E-state index contributed by atoms with van der Waals surface area (Å²) < 4.78 is 2.64. The van der Waals surface area contributed by atoms with E-state index in [0.29, 0.717) is 0 Å². The highest BCUT2D eigenvalue weighted by molar-refractivity contribution is 9.10. The second-order valence-electron chi connectivity index (χ2n) is 5.14. The largest absolute Gasteiger partial charge is 0.386 e. The van der Waals surface area contributed by atoms with E-state index in [1.54, 1.807) is 10.9 Å². The van der Waals surface area contributed by atoms with Crippen molar-refractivity contribution in [2.45, 2.75) is 31.3 Å². The molecule has 100 valence electrons. The second kappa shape index (κ2) is 5.10. The van der Waals surface area contributed by atoms with Crippen LogP contribution in [0.2, 0.25) is 0 Å². The Labute approximate surface area is 121 Å². The van der Waals surface area contributed by atoms with Crippen LogP contribution in [0, 0.1) is 0 Å². The molecule has 0 radical (unpaired) electrons. The summed E-state index contributed by atoms with van der Waals surface area (Å²) >= 11 is 3.48. The minimum Gasteiger partial charge on any atom is -0.386 e. The standard InChI is InChI=1S/C15H17BrN2O/c1-18-14(13(16)9-17-18)15(19)12-8-4-6-10-5-2-3-7-11(10)12/h2-3,5,7,9,12,15,19H,4,6,8H2,1H3. The molecule has 1 aliphatic carbocycles. The Morgan fingerprint density at radius 1 is 1.42 bits per heavy atom. The van der Waals surface area contributed by atoms with Gasteiger partial charge in [0.2, 0.25) is 0 Å². The monoisotopic (exact) mass is 320 g/mol. The quantitative estimate of drug-likeness (QED) is 0.921. The first-order valence-corrected chi connectivity index (χ1v) is 7.41. The molecule has 4 heteroatoms. The maximum Gasteiger partial charge on any atom is 0.104 e. The Morgan fingerprint density at radius 2 is 2.21 bits per heavy atom. The number of nitrogens with zero attached hydrogens (tertiary/aromatic N) is 2. The van der Waals surface area contributed by atoms with Gasteiger partial charge in [-0.3, -0.25) is 4.68 Å². The van der Waals surface area contributed by atoms with Crippen LogP contribution in [0.25, 0.3) is 0 Å². The Hall–Kier alpha value is -1.13. The highest BCUT2D eigenvalue weighted by Gasteiger charge is 2.30. The topological polar surface area (TPSA) is 38.0 Å². The van der Waals surface area contributed by atoms with Gasteiger partial charge in [0.15, 0.2) is 0 Å². The van der Waals surface area contributed by atoms with Gasteiger partial charge in [-0.05, 0) is 46.3 Å². The van der Waals surface area contributed by atoms with Gasteiger partial charge in [0.1, 0.15) is 6.10 Å².